The highest BCUT2D eigenvalue weighted by Crippen LogP contribution is 2.15. The molecule has 2 rings (SSSR count). The van der Waals surface area contributed by atoms with Gasteiger partial charge in [0.2, 0.25) is 5.91 Å². The number of carbonyl (C=O) groups is 2. The molecule has 0 spiro atoms. The maximum Gasteiger partial charge on any atom is 0.251 e. The summed E-state index contributed by atoms with van der Waals surface area (Å²) in [7, 11) is 1.63. The van der Waals surface area contributed by atoms with E-state index in [9.17, 15) is 9.59 Å². The lowest BCUT2D eigenvalue weighted by atomic mass is 10.1. The Balaban J connectivity index is 1.78. The zero-order valence-electron chi connectivity index (χ0n) is 17.2. The number of rotatable bonds is 11. The molecule has 3 N–H and O–H groups in total. The third kappa shape index (κ3) is 7.83. The van der Waals surface area contributed by atoms with E-state index in [2.05, 4.69) is 16.0 Å². The average Bonchev–Trinajstić information content (AvgIpc) is 2.73. The molecule has 0 bridgehead atoms. The lowest BCUT2D eigenvalue weighted by Gasteiger charge is -2.12. The zero-order valence-corrected chi connectivity index (χ0v) is 17.2. The number of hydrogen-bond donors (Lipinski definition) is 3. The van der Waals surface area contributed by atoms with Crippen LogP contribution in [-0.4, -0.2) is 44.7 Å². The van der Waals surface area contributed by atoms with Crippen LogP contribution >= 0.6 is 0 Å². The van der Waals surface area contributed by atoms with E-state index >= 15 is 0 Å². The molecule has 1 unspecified atom stereocenters. The SMILES string of the molecule is CCC(C)NC(=O)c1ccc(NC(=O)CNc2ccc(OCCOC)cc2)cc1. The van der Waals surface area contributed by atoms with E-state index in [-0.39, 0.29) is 24.4 Å². The molecule has 0 saturated heterocycles. The molecule has 0 radical (unpaired) electrons. The van der Waals surface area contributed by atoms with Crippen molar-refractivity contribution in [2.75, 3.05) is 37.5 Å². The van der Waals surface area contributed by atoms with E-state index in [1.54, 1.807) is 31.4 Å². The zero-order chi connectivity index (χ0) is 21.1. The number of amides is 2. The molecule has 7 nitrogen and oxygen atoms in total. The summed E-state index contributed by atoms with van der Waals surface area (Å²) >= 11 is 0. The minimum Gasteiger partial charge on any atom is -0.491 e. The van der Waals surface area contributed by atoms with Gasteiger partial charge < -0.3 is 25.4 Å². The first-order valence-electron chi connectivity index (χ1n) is 9.68. The third-order valence-electron chi connectivity index (χ3n) is 4.28. The summed E-state index contributed by atoms with van der Waals surface area (Å²) in [5.74, 6) is 0.449. The Labute approximate surface area is 171 Å². The van der Waals surface area contributed by atoms with Gasteiger partial charge in [-0.3, -0.25) is 9.59 Å². The minimum atomic E-state index is -0.178. The Morgan fingerprint density at radius 1 is 0.966 bits per heavy atom. The van der Waals surface area contributed by atoms with E-state index in [0.29, 0.717) is 24.5 Å². The summed E-state index contributed by atoms with van der Waals surface area (Å²) in [5, 5.41) is 8.78. The van der Waals surface area contributed by atoms with Crippen molar-refractivity contribution in [3.63, 3.8) is 0 Å². The Bertz CT molecular complexity index is 776. The number of benzene rings is 2. The number of anilines is 2. The van der Waals surface area contributed by atoms with Crippen molar-refractivity contribution in [1.29, 1.82) is 0 Å². The predicted octanol–water partition coefficient (Wildman–Crippen LogP) is 3.29. The van der Waals surface area contributed by atoms with Crippen LogP contribution in [0.15, 0.2) is 48.5 Å². The predicted molar refractivity (Wildman–Crippen MR) is 115 cm³/mol. The van der Waals surface area contributed by atoms with Gasteiger partial charge >= 0.3 is 0 Å². The largest absolute Gasteiger partial charge is 0.491 e. The first-order valence-corrected chi connectivity index (χ1v) is 9.68. The first-order chi connectivity index (χ1) is 14.0. The molecular weight excluding hydrogens is 370 g/mol. The highest BCUT2D eigenvalue weighted by atomic mass is 16.5. The topological polar surface area (TPSA) is 88.7 Å². The fourth-order valence-electron chi connectivity index (χ4n) is 2.41. The highest BCUT2D eigenvalue weighted by Gasteiger charge is 2.09. The van der Waals surface area contributed by atoms with Crippen molar-refractivity contribution in [3.8, 4) is 5.75 Å². The van der Waals surface area contributed by atoms with Crippen LogP contribution in [0.25, 0.3) is 0 Å². The Morgan fingerprint density at radius 3 is 2.24 bits per heavy atom. The van der Waals surface area contributed by atoms with Gasteiger partial charge in [-0.1, -0.05) is 6.92 Å². The van der Waals surface area contributed by atoms with E-state index in [0.717, 1.165) is 17.9 Å². The number of hydrogen-bond acceptors (Lipinski definition) is 5. The quantitative estimate of drug-likeness (QED) is 0.505. The lowest BCUT2D eigenvalue weighted by molar-refractivity contribution is -0.114. The molecule has 156 valence electrons. The van der Waals surface area contributed by atoms with Crippen LogP contribution in [0.4, 0.5) is 11.4 Å². The summed E-state index contributed by atoms with van der Waals surface area (Å²) in [4.78, 5) is 24.2. The van der Waals surface area contributed by atoms with Crippen molar-refractivity contribution >= 4 is 23.2 Å². The Hall–Kier alpha value is -3.06. The number of nitrogens with one attached hydrogen (secondary N) is 3. The fraction of sp³-hybridized carbons (Fsp3) is 0.364. The maximum atomic E-state index is 12.1. The molecule has 1 atom stereocenters. The smallest absolute Gasteiger partial charge is 0.251 e. The summed E-state index contributed by atoms with van der Waals surface area (Å²) in [5.41, 5.74) is 2.02. The van der Waals surface area contributed by atoms with Crippen LogP contribution in [-0.2, 0) is 9.53 Å². The summed E-state index contributed by atoms with van der Waals surface area (Å²) in [6, 6.07) is 14.3. The number of methoxy groups -OCH3 is 1. The average molecular weight is 399 g/mol. The Kier molecular flexibility index (Phi) is 8.98. The molecular formula is C22H29N3O4. The van der Waals surface area contributed by atoms with E-state index in [1.807, 2.05) is 38.1 Å². The molecule has 0 fully saturated rings. The molecule has 29 heavy (non-hydrogen) atoms. The van der Waals surface area contributed by atoms with Crippen LogP contribution < -0.4 is 20.7 Å². The third-order valence-corrected chi connectivity index (χ3v) is 4.28. The first kappa shape index (κ1) is 22.2. The molecule has 0 aliphatic rings. The molecule has 0 aliphatic carbocycles. The van der Waals surface area contributed by atoms with Gasteiger partial charge in [-0.2, -0.15) is 0 Å². The molecule has 0 saturated carbocycles. The highest BCUT2D eigenvalue weighted by molar-refractivity contribution is 5.96. The van der Waals surface area contributed by atoms with Crippen LogP contribution in [0, 0.1) is 0 Å². The van der Waals surface area contributed by atoms with Crippen LogP contribution in [0.3, 0.4) is 0 Å². The molecule has 0 aliphatic heterocycles. The number of ether oxygens (including phenoxy) is 2. The van der Waals surface area contributed by atoms with Gasteiger partial charge in [-0.25, -0.2) is 0 Å². The lowest BCUT2D eigenvalue weighted by Crippen LogP contribution is -2.31. The van der Waals surface area contributed by atoms with Gasteiger partial charge in [0.15, 0.2) is 0 Å². The van der Waals surface area contributed by atoms with Crippen LogP contribution in [0.5, 0.6) is 5.75 Å². The van der Waals surface area contributed by atoms with Gasteiger partial charge in [0.05, 0.1) is 13.2 Å². The van der Waals surface area contributed by atoms with Crippen molar-refractivity contribution in [3.05, 3.63) is 54.1 Å². The van der Waals surface area contributed by atoms with Crippen molar-refractivity contribution in [1.82, 2.24) is 5.32 Å². The van der Waals surface area contributed by atoms with Crippen molar-refractivity contribution in [2.45, 2.75) is 26.3 Å². The van der Waals surface area contributed by atoms with E-state index in [1.165, 1.54) is 0 Å². The van der Waals surface area contributed by atoms with E-state index in [4.69, 9.17) is 9.47 Å². The molecule has 7 heteroatoms. The van der Waals surface area contributed by atoms with Gasteiger partial charge in [-0.05, 0) is 61.9 Å². The normalized spacial score (nSPS) is 11.4. The second-order valence-electron chi connectivity index (χ2n) is 6.63. The van der Waals surface area contributed by atoms with Gasteiger partial charge in [0.25, 0.3) is 5.91 Å². The molecule has 0 heterocycles. The van der Waals surface area contributed by atoms with Crippen molar-refractivity contribution in [2.24, 2.45) is 0 Å². The fourth-order valence-corrected chi connectivity index (χ4v) is 2.41. The van der Waals surface area contributed by atoms with Crippen molar-refractivity contribution < 1.29 is 19.1 Å². The van der Waals surface area contributed by atoms with Crippen LogP contribution in [0.2, 0.25) is 0 Å². The van der Waals surface area contributed by atoms with Gasteiger partial charge in [0.1, 0.15) is 12.4 Å². The molecule has 2 amide bonds. The Morgan fingerprint density at radius 2 is 1.62 bits per heavy atom. The van der Waals surface area contributed by atoms with Gasteiger partial charge in [-0.15, -0.1) is 0 Å². The van der Waals surface area contributed by atoms with Crippen LogP contribution in [0.1, 0.15) is 30.6 Å². The second-order valence-corrected chi connectivity index (χ2v) is 6.63. The van der Waals surface area contributed by atoms with Gasteiger partial charge in [0, 0.05) is 30.1 Å². The summed E-state index contributed by atoms with van der Waals surface area (Å²) in [6.45, 7) is 5.12. The maximum absolute atomic E-state index is 12.1. The van der Waals surface area contributed by atoms with E-state index < -0.39 is 0 Å². The molecule has 2 aromatic rings. The second kappa shape index (κ2) is 11.7. The summed E-state index contributed by atoms with van der Waals surface area (Å²) in [6.07, 6.45) is 0.871. The molecule has 0 aromatic heterocycles. The minimum absolute atomic E-state index is 0.117. The standard InChI is InChI=1S/C22H29N3O4/c1-4-16(2)24-22(27)17-5-7-19(8-6-17)25-21(26)15-23-18-9-11-20(12-10-18)29-14-13-28-3/h5-12,16,23H,4,13-15H2,1-3H3,(H,24,27)(H,25,26). The molecule has 2 aromatic carbocycles. The number of carbonyl (C=O) groups excluding carboxylic acids is 2. The monoisotopic (exact) mass is 399 g/mol. The summed E-state index contributed by atoms with van der Waals surface area (Å²) < 4.78 is 10.4.